The third-order valence-corrected chi connectivity index (χ3v) is 7.00. The number of urea groups is 1. The Labute approximate surface area is 201 Å². The highest BCUT2D eigenvalue weighted by Crippen LogP contribution is 2.35. The fourth-order valence-corrected chi connectivity index (χ4v) is 5.25. The smallest absolute Gasteiger partial charge is 0.409 e. The molecule has 0 radical (unpaired) electrons. The number of benzene rings is 2. The topological polar surface area (TPSA) is 112 Å². The summed E-state index contributed by atoms with van der Waals surface area (Å²) < 4.78 is 34.6. The van der Waals surface area contributed by atoms with Gasteiger partial charge >= 0.3 is 12.1 Å². The Morgan fingerprint density at radius 2 is 1.76 bits per heavy atom. The normalized spacial score (nSPS) is 17.9. The molecule has 10 nitrogen and oxygen atoms in total. The Bertz CT molecular complexity index is 1050. The highest BCUT2D eigenvalue weighted by molar-refractivity contribution is 7.80. The predicted octanol–water partition coefficient (Wildman–Crippen LogP) is 3.27. The van der Waals surface area contributed by atoms with Gasteiger partial charge < -0.3 is 24.6 Å². The lowest BCUT2D eigenvalue weighted by atomic mass is 10.0. The summed E-state index contributed by atoms with van der Waals surface area (Å²) in [5, 5.41) is 4.52. The van der Waals surface area contributed by atoms with Crippen LogP contribution in [0.25, 0.3) is 10.8 Å². The number of likely N-dealkylation sites (tertiary alicyclic amines) is 1. The minimum Gasteiger partial charge on any atom is -0.450 e. The molecule has 2 aromatic carbocycles. The molecule has 3 amide bonds. The molecule has 2 aromatic rings. The average molecular weight is 491 g/mol. The SMILES string of the molecule is CCOC(=O)N1CCC(N(c2cccc3c(NC(=O)N4CCOCC4)cccc23)S(=O)O)CC1. The summed E-state index contributed by atoms with van der Waals surface area (Å²) >= 11 is -2.27. The van der Waals surface area contributed by atoms with Gasteiger partial charge in [-0.3, -0.25) is 8.86 Å². The second-order valence-electron chi connectivity index (χ2n) is 8.18. The number of carbonyl (C=O) groups is 2. The van der Waals surface area contributed by atoms with Crippen LogP contribution in [0.4, 0.5) is 21.0 Å². The van der Waals surface area contributed by atoms with Gasteiger partial charge in [-0.15, -0.1) is 0 Å². The summed E-state index contributed by atoms with van der Waals surface area (Å²) in [6.07, 6.45) is 0.715. The van der Waals surface area contributed by atoms with E-state index in [0.717, 1.165) is 10.8 Å². The maximum Gasteiger partial charge on any atom is 0.409 e. The second-order valence-corrected chi connectivity index (χ2v) is 9.04. The van der Waals surface area contributed by atoms with Crippen LogP contribution >= 0.6 is 0 Å². The molecule has 184 valence electrons. The van der Waals surface area contributed by atoms with Gasteiger partial charge in [0.15, 0.2) is 0 Å². The number of rotatable bonds is 5. The van der Waals surface area contributed by atoms with Crippen molar-refractivity contribution >= 4 is 45.5 Å². The molecule has 2 aliphatic rings. The molecular weight excluding hydrogens is 460 g/mol. The molecule has 1 unspecified atom stereocenters. The fraction of sp³-hybridized carbons (Fsp3) is 0.478. The molecule has 2 fully saturated rings. The third-order valence-electron chi connectivity index (χ3n) is 6.17. The number of ether oxygens (including phenoxy) is 2. The Morgan fingerprint density at radius 3 is 2.44 bits per heavy atom. The molecule has 0 aliphatic carbocycles. The number of carbonyl (C=O) groups excluding carboxylic acids is 2. The summed E-state index contributed by atoms with van der Waals surface area (Å²) in [6.45, 7) is 5.06. The molecule has 2 heterocycles. The number of piperidine rings is 1. The van der Waals surface area contributed by atoms with E-state index >= 15 is 0 Å². The predicted molar refractivity (Wildman–Crippen MR) is 130 cm³/mol. The molecule has 1 atom stereocenters. The second kappa shape index (κ2) is 11.0. The van der Waals surface area contributed by atoms with Gasteiger partial charge in [0, 0.05) is 43.0 Å². The van der Waals surface area contributed by atoms with Gasteiger partial charge in [0.25, 0.3) is 11.3 Å². The fourth-order valence-electron chi connectivity index (χ4n) is 4.46. The highest BCUT2D eigenvalue weighted by Gasteiger charge is 2.31. The number of morpholine rings is 1. The van der Waals surface area contributed by atoms with Crippen LogP contribution in [-0.4, -0.2) is 82.7 Å². The summed E-state index contributed by atoms with van der Waals surface area (Å²) in [7, 11) is 0. The van der Waals surface area contributed by atoms with Gasteiger partial charge in [-0.1, -0.05) is 24.3 Å². The van der Waals surface area contributed by atoms with Crippen LogP contribution in [0.15, 0.2) is 36.4 Å². The number of nitrogens with one attached hydrogen (secondary N) is 1. The molecular formula is C23H30N4O6S. The van der Waals surface area contributed by atoms with Gasteiger partial charge in [0.2, 0.25) is 0 Å². The standard InChI is InChI=1S/C23H30N4O6S/c1-2-33-23(29)26-11-9-17(10-12-26)27(34(30)31)21-8-4-5-18-19(21)6-3-7-20(18)24-22(28)25-13-15-32-16-14-25/h3-8,17H,2,9-16H2,1H3,(H,24,28)(H,30,31). The Kier molecular flexibility index (Phi) is 7.86. The van der Waals surface area contributed by atoms with Crippen molar-refractivity contribution in [3.05, 3.63) is 36.4 Å². The van der Waals surface area contributed by atoms with Gasteiger partial charge in [-0.05, 0) is 31.9 Å². The van der Waals surface area contributed by atoms with Crippen molar-refractivity contribution in [3.63, 3.8) is 0 Å². The van der Waals surface area contributed by atoms with E-state index in [-0.39, 0.29) is 18.2 Å². The van der Waals surface area contributed by atoms with Crippen molar-refractivity contribution < 1.29 is 27.8 Å². The maximum atomic E-state index is 12.7. The zero-order valence-corrected chi connectivity index (χ0v) is 20.0. The number of hydrogen-bond acceptors (Lipinski definition) is 5. The molecule has 11 heteroatoms. The molecule has 0 aromatic heterocycles. The van der Waals surface area contributed by atoms with Crippen molar-refractivity contribution in [1.29, 1.82) is 0 Å². The van der Waals surface area contributed by atoms with Crippen molar-refractivity contribution in [2.45, 2.75) is 25.8 Å². The number of nitrogens with zero attached hydrogens (tertiary/aromatic N) is 3. The van der Waals surface area contributed by atoms with E-state index in [9.17, 15) is 18.4 Å². The van der Waals surface area contributed by atoms with E-state index in [0.29, 0.717) is 70.2 Å². The molecule has 2 N–H and O–H groups in total. The summed E-state index contributed by atoms with van der Waals surface area (Å²) in [6, 6.07) is 10.6. The zero-order chi connectivity index (χ0) is 24.1. The minimum atomic E-state index is -2.27. The molecule has 34 heavy (non-hydrogen) atoms. The summed E-state index contributed by atoms with van der Waals surface area (Å²) in [4.78, 5) is 28.1. The highest BCUT2D eigenvalue weighted by atomic mass is 32.2. The number of fused-ring (bicyclic) bond motifs is 1. The quantitative estimate of drug-likeness (QED) is 0.623. The lowest BCUT2D eigenvalue weighted by Crippen LogP contribution is -2.47. The average Bonchev–Trinajstić information content (AvgIpc) is 2.85. The van der Waals surface area contributed by atoms with Gasteiger partial charge in [-0.2, -0.15) is 0 Å². The lowest BCUT2D eigenvalue weighted by molar-refractivity contribution is 0.0565. The number of amides is 3. The van der Waals surface area contributed by atoms with Crippen LogP contribution < -0.4 is 9.62 Å². The van der Waals surface area contributed by atoms with E-state index in [1.54, 1.807) is 16.7 Å². The number of hydrogen-bond donors (Lipinski definition) is 2. The van der Waals surface area contributed by atoms with Crippen LogP contribution in [0.3, 0.4) is 0 Å². The molecule has 4 rings (SSSR count). The molecule has 2 saturated heterocycles. The summed E-state index contributed by atoms with van der Waals surface area (Å²) in [5.41, 5.74) is 1.24. The first-order valence-corrected chi connectivity index (χ1v) is 12.5. The van der Waals surface area contributed by atoms with Crippen molar-refractivity contribution in [3.8, 4) is 0 Å². The van der Waals surface area contributed by atoms with E-state index < -0.39 is 11.3 Å². The lowest BCUT2D eigenvalue weighted by Gasteiger charge is -2.37. The molecule has 0 spiro atoms. The largest absolute Gasteiger partial charge is 0.450 e. The van der Waals surface area contributed by atoms with Crippen LogP contribution in [0, 0.1) is 0 Å². The van der Waals surface area contributed by atoms with Crippen molar-refractivity contribution in [2.75, 3.05) is 55.6 Å². The van der Waals surface area contributed by atoms with E-state index in [4.69, 9.17) is 9.47 Å². The van der Waals surface area contributed by atoms with Crippen molar-refractivity contribution in [2.24, 2.45) is 0 Å². The van der Waals surface area contributed by atoms with Gasteiger partial charge in [-0.25, -0.2) is 13.8 Å². The van der Waals surface area contributed by atoms with E-state index in [2.05, 4.69) is 5.32 Å². The Hall–Kier alpha value is -2.89. The van der Waals surface area contributed by atoms with Crippen LogP contribution in [0.1, 0.15) is 19.8 Å². The van der Waals surface area contributed by atoms with Gasteiger partial charge in [0.1, 0.15) is 0 Å². The van der Waals surface area contributed by atoms with Crippen LogP contribution in [0.5, 0.6) is 0 Å². The van der Waals surface area contributed by atoms with Crippen LogP contribution in [-0.2, 0) is 20.7 Å². The van der Waals surface area contributed by atoms with E-state index in [1.165, 1.54) is 4.31 Å². The van der Waals surface area contributed by atoms with E-state index in [1.807, 2.05) is 36.4 Å². The first-order chi connectivity index (χ1) is 16.5. The summed E-state index contributed by atoms with van der Waals surface area (Å²) in [5.74, 6) is 0. The molecule has 0 bridgehead atoms. The molecule has 2 aliphatic heterocycles. The minimum absolute atomic E-state index is 0.199. The Balaban J connectivity index is 1.57. The maximum absolute atomic E-state index is 12.7. The number of anilines is 2. The monoisotopic (exact) mass is 490 g/mol. The molecule has 0 saturated carbocycles. The van der Waals surface area contributed by atoms with Crippen LogP contribution in [0.2, 0.25) is 0 Å². The van der Waals surface area contributed by atoms with Crippen molar-refractivity contribution in [1.82, 2.24) is 9.80 Å². The van der Waals surface area contributed by atoms with Gasteiger partial charge in [0.05, 0.1) is 31.2 Å². The Morgan fingerprint density at radius 1 is 1.09 bits per heavy atom. The third kappa shape index (κ3) is 5.26. The zero-order valence-electron chi connectivity index (χ0n) is 19.1. The first kappa shape index (κ1) is 24.2. The first-order valence-electron chi connectivity index (χ1n) is 11.5.